The zero-order valence-electron chi connectivity index (χ0n) is 15.2. The number of anilines is 2. The van der Waals surface area contributed by atoms with Gasteiger partial charge in [0.15, 0.2) is 0 Å². The summed E-state index contributed by atoms with van der Waals surface area (Å²) >= 11 is 0. The summed E-state index contributed by atoms with van der Waals surface area (Å²) in [4.78, 5) is 14.5. The second-order valence-electron chi connectivity index (χ2n) is 5.72. The van der Waals surface area contributed by atoms with Gasteiger partial charge in [0.05, 0.1) is 7.11 Å². The monoisotopic (exact) mass is 341 g/mol. The van der Waals surface area contributed by atoms with Crippen molar-refractivity contribution in [1.82, 2.24) is 10.2 Å². The molecule has 0 saturated heterocycles. The van der Waals surface area contributed by atoms with Gasteiger partial charge in [-0.1, -0.05) is 19.9 Å². The molecule has 5 heteroatoms. The van der Waals surface area contributed by atoms with E-state index in [1.165, 1.54) is 0 Å². The third-order valence-electron chi connectivity index (χ3n) is 4.11. The van der Waals surface area contributed by atoms with Crippen LogP contribution in [0, 0.1) is 0 Å². The molecular weight excluding hydrogens is 314 g/mol. The molecule has 5 nitrogen and oxygen atoms in total. The molecule has 0 aliphatic rings. The van der Waals surface area contributed by atoms with Gasteiger partial charge in [-0.15, -0.1) is 0 Å². The number of nitrogens with zero attached hydrogens (tertiary/aromatic N) is 1. The van der Waals surface area contributed by atoms with Crippen LogP contribution in [-0.4, -0.2) is 44.1 Å². The van der Waals surface area contributed by atoms with E-state index < -0.39 is 0 Å². The smallest absolute Gasteiger partial charge is 0.251 e. The summed E-state index contributed by atoms with van der Waals surface area (Å²) in [6.45, 7) is 7.77. The lowest BCUT2D eigenvalue weighted by molar-refractivity contribution is 0.0949. The van der Waals surface area contributed by atoms with Crippen LogP contribution in [0.5, 0.6) is 5.75 Å². The molecule has 2 aromatic rings. The van der Waals surface area contributed by atoms with Gasteiger partial charge in [0.1, 0.15) is 5.75 Å². The van der Waals surface area contributed by atoms with Crippen molar-refractivity contribution in [2.24, 2.45) is 0 Å². The Morgan fingerprint density at radius 1 is 1.04 bits per heavy atom. The van der Waals surface area contributed by atoms with Gasteiger partial charge < -0.3 is 20.3 Å². The number of hydrogen-bond donors (Lipinski definition) is 2. The standard InChI is InChI=1S/C20H27N3O2/c1-4-23(5-2)14-13-21-20(24)16-9-11-17(12-10-16)22-18-7-6-8-19(15-18)25-3/h6-12,15,22H,4-5,13-14H2,1-3H3,(H,21,24). The molecule has 0 radical (unpaired) electrons. The number of rotatable bonds is 9. The lowest BCUT2D eigenvalue weighted by atomic mass is 10.2. The number of benzene rings is 2. The first-order valence-electron chi connectivity index (χ1n) is 8.68. The molecule has 2 N–H and O–H groups in total. The predicted octanol–water partition coefficient (Wildman–Crippen LogP) is 3.51. The molecule has 0 aliphatic carbocycles. The van der Waals surface area contributed by atoms with Crippen LogP contribution in [0.25, 0.3) is 0 Å². The van der Waals surface area contributed by atoms with Crippen LogP contribution in [0.4, 0.5) is 11.4 Å². The number of nitrogens with one attached hydrogen (secondary N) is 2. The normalized spacial score (nSPS) is 10.6. The van der Waals surface area contributed by atoms with Crippen LogP contribution in [0.2, 0.25) is 0 Å². The van der Waals surface area contributed by atoms with Crippen LogP contribution < -0.4 is 15.4 Å². The van der Waals surface area contributed by atoms with Gasteiger partial charge in [0.25, 0.3) is 5.91 Å². The summed E-state index contributed by atoms with van der Waals surface area (Å²) in [5.41, 5.74) is 2.53. The van der Waals surface area contributed by atoms with Gasteiger partial charge >= 0.3 is 0 Å². The van der Waals surface area contributed by atoms with Crippen molar-refractivity contribution >= 4 is 17.3 Å². The predicted molar refractivity (Wildman–Crippen MR) is 103 cm³/mol. The molecule has 0 heterocycles. The lowest BCUT2D eigenvalue weighted by Gasteiger charge is -2.18. The fourth-order valence-electron chi connectivity index (χ4n) is 2.54. The molecule has 0 bridgehead atoms. The highest BCUT2D eigenvalue weighted by atomic mass is 16.5. The van der Waals surface area contributed by atoms with Crippen molar-refractivity contribution in [3.8, 4) is 5.75 Å². The third-order valence-corrected chi connectivity index (χ3v) is 4.11. The number of amides is 1. The Kier molecular flexibility index (Phi) is 7.29. The van der Waals surface area contributed by atoms with Crippen LogP contribution in [0.3, 0.4) is 0 Å². The summed E-state index contributed by atoms with van der Waals surface area (Å²) in [5.74, 6) is 0.759. The Balaban J connectivity index is 1.89. The van der Waals surface area contributed by atoms with E-state index in [1.807, 2.05) is 48.5 Å². The molecule has 0 unspecified atom stereocenters. The van der Waals surface area contributed by atoms with Gasteiger partial charge in [-0.3, -0.25) is 4.79 Å². The van der Waals surface area contributed by atoms with Crippen molar-refractivity contribution in [2.75, 3.05) is 38.6 Å². The van der Waals surface area contributed by atoms with Gasteiger partial charge in [-0.05, 0) is 49.5 Å². The highest BCUT2D eigenvalue weighted by molar-refractivity contribution is 5.94. The minimum absolute atomic E-state index is 0.0416. The Morgan fingerprint density at radius 2 is 1.76 bits per heavy atom. The molecule has 0 aromatic heterocycles. The van der Waals surface area contributed by atoms with Gasteiger partial charge in [0, 0.05) is 36.1 Å². The van der Waals surface area contributed by atoms with Gasteiger partial charge in [0.2, 0.25) is 0 Å². The molecule has 0 spiro atoms. The molecule has 0 fully saturated rings. The van der Waals surface area contributed by atoms with E-state index in [-0.39, 0.29) is 5.91 Å². The molecule has 2 rings (SSSR count). The van der Waals surface area contributed by atoms with E-state index >= 15 is 0 Å². The van der Waals surface area contributed by atoms with E-state index in [2.05, 4.69) is 29.4 Å². The van der Waals surface area contributed by atoms with Crippen molar-refractivity contribution in [1.29, 1.82) is 0 Å². The quantitative estimate of drug-likeness (QED) is 0.733. The lowest BCUT2D eigenvalue weighted by Crippen LogP contribution is -2.34. The Bertz CT molecular complexity index is 667. The molecule has 1 amide bonds. The average molecular weight is 341 g/mol. The van der Waals surface area contributed by atoms with E-state index in [1.54, 1.807) is 7.11 Å². The maximum atomic E-state index is 12.2. The summed E-state index contributed by atoms with van der Waals surface area (Å²) in [6, 6.07) is 15.2. The Hall–Kier alpha value is -2.53. The van der Waals surface area contributed by atoms with E-state index in [0.29, 0.717) is 12.1 Å². The van der Waals surface area contributed by atoms with Gasteiger partial charge in [-0.2, -0.15) is 0 Å². The van der Waals surface area contributed by atoms with Crippen molar-refractivity contribution in [3.05, 3.63) is 54.1 Å². The number of carbonyl (C=O) groups excluding carboxylic acids is 1. The summed E-state index contributed by atoms with van der Waals surface area (Å²) in [6.07, 6.45) is 0. The first-order valence-corrected chi connectivity index (χ1v) is 8.68. The first-order chi connectivity index (χ1) is 12.2. The fraction of sp³-hybridized carbons (Fsp3) is 0.350. The molecule has 25 heavy (non-hydrogen) atoms. The van der Waals surface area contributed by atoms with Crippen LogP contribution >= 0.6 is 0 Å². The van der Waals surface area contributed by atoms with E-state index in [0.717, 1.165) is 36.8 Å². The molecule has 0 aliphatic heterocycles. The number of carbonyl (C=O) groups is 1. The largest absolute Gasteiger partial charge is 0.497 e. The number of methoxy groups -OCH3 is 1. The highest BCUT2D eigenvalue weighted by Crippen LogP contribution is 2.21. The zero-order valence-corrected chi connectivity index (χ0v) is 15.2. The second-order valence-corrected chi connectivity index (χ2v) is 5.72. The molecule has 134 valence electrons. The maximum absolute atomic E-state index is 12.2. The van der Waals surface area contributed by atoms with Crippen LogP contribution in [0.1, 0.15) is 24.2 Å². The third kappa shape index (κ3) is 5.80. The summed E-state index contributed by atoms with van der Waals surface area (Å²) in [7, 11) is 1.65. The van der Waals surface area contributed by atoms with Crippen molar-refractivity contribution in [3.63, 3.8) is 0 Å². The minimum atomic E-state index is -0.0416. The van der Waals surface area contributed by atoms with Crippen molar-refractivity contribution < 1.29 is 9.53 Å². The average Bonchev–Trinajstić information content (AvgIpc) is 2.66. The topological polar surface area (TPSA) is 53.6 Å². The zero-order chi connectivity index (χ0) is 18.1. The Labute approximate surface area is 150 Å². The Morgan fingerprint density at radius 3 is 2.40 bits per heavy atom. The number of hydrogen-bond acceptors (Lipinski definition) is 4. The number of likely N-dealkylation sites (N-methyl/N-ethyl adjacent to an activating group) is 1. The van der Waals surface area contributed by atoms with E-state index in [9.17, 15) is 4.79 Å². The molecule has 0 saturated carbocycles. The SMILES string of the molecule is CCN(CC)CCNC(=O)c1ccc(Nc2cccc(OC)c2)cc1. The molecule has 0 atom stereocenters. The highest BCUT2D eigenvalue weighted by Gasteiger charge is 2.06. The van der Waals surface area contributed by atoms with Crippen molar-refractivity contribution in [2.45, 2.75) is 13.8 Å². The first kappa shape index (κ1) is 18.8. The summed E-state index contributed by atoms with van der Waals surface area (Å²) < 4.78 is 5.22. The van der Waals surface area contributed by atoms with Crippen LogP contribution in [0.15, 0.2) is 48.5 Å². The van der Waals surface area contributed by atoms with Gasteiger partial charge in [-0.25, -0.2) is 0 Å². The minimum Gasteiger partial charge on any atom is -0.497 e. The summed E-state index contributed by atoms with van der Waals surface area (Å²) in [5, 5.41) is 6.26. The van der Waals surface area contributed by atoms with Crippen LogP contribution in [-0.2, 0) is 0 Å². The fourth-order valence-corrected chi connectivity index (χ4v) is 2.54. The second kappa shape index (κ2) is 9.69. The molecular formula is C20H27N3O2. The maximum Gasteiger partial charge on any atom is 0.251 e. The van der Waals surface area contributed by atoms with E-state index in [4.69, 9.17) is 4.74 Å². The molecule has 2 aromatic carbocycles. The number of ether oxygens (including phenoxy) is 1.